The van der Waals surface area contributed by atoms with Crippen molar-refractivity contribution in [3.05, 3.63) is 0 Å². The third-order valence-electron chi connectivity index (χ3n) is 3.93. The van der Waals surface area contributed by atoms with Crippen molar-refractivity contribution in [3.8, 4) is 0 Å². The van der Waals surface area contributed by atoms with E-state index in [4.69, 9.17) is 0 Å². The predicted molar refractivity (Wildman–Crippen MR) is 72.8 cm³/mol. The molecule has 0 atom stereocenters. The van der Waals surface area contributed by atoms with Crippen LogP contribution in [0, 0.1) is 0 Å². The Balaban J connectivity index is 1.68. The van der Waals surface area contributed by atoms with Crippen LogP contribution in [0.1, 0.15) is 12.8 Å². The zero-order chi connectivity index (χ0) is 13.7. The Morgan fingerprint density at radius 3 is 1.95 bits per heavy atom. The molecule has 0 aromatic heterocycles. The molecule has 0 saturated carbocycles. The Labute approximate surface area is 114 Å². The van der Waals surface area contributed by atoms with Crippen LogP contribution in [0.4, 0.5) is 0 Å². The minimum atomic E-state index is 0.0570. The molecule has 2 saturated heterocycles. The maximum atomic E-state index is 12.0. The van der Waals surface area contributed by atoms with Gasteiger partial charge in [0, 0.05) is 46.3 Å². The molecule has 2 rings (SSSR count). The molecule has 2 fully saturated rings. The van der Waals surface area contributed by atoms with Crippen LogP contribution < -0.4 is 5.32 Å². The lowest BCUT2D eigenvalue weighted by Gasteiger charge is -2.34. The number of hydrogen-bond donors (Lipinski definition) is 1. The van der Waals surface area contributed by atoms with E-state index >= 15 is 0 Å². The van der Waals surface area contributed by atoms with Gasteiger partial charge in [0.2, 0.25) is 11.8 Å². The van der Waals surface area contributed by atoms with Gasteiger partial charge in [0.1, 0.15) is 0 Å². The molecule has 0 spiro atoms. The molecule has 0 aromatic rings. The maximum Gasteiger partial charge on any atom is 0.236 e. The second kappa shape index (κ2) is 6.86. The van der Waals surface area contributed by atoms with Crippen molar-refractivity contribution in [1.29, 1.82) is 0 Å². The number of hydrogen-bond acceptors (Lipinski definition) is 4. The summed E-state index contributed by atoms with van der Waals surface area (Å²) in [5.74, 6) is 0.318. The van der Waals surface area contributed by atoms with Gasteiger partial charge >= 0.3 is 0 Å². The number of carbonyl (C=O) groups excluding carboxylic acids is 2. The van der Waals surface area contributed by atoms with Gasteiger partial charge in [-0.15, -0.1) is 0 Å². The first-order valence-electron chi connectivity index (χ1n) is 7.12. The number of likely N-dealkylation sites (N-methyl/N-ethyl adjacent to an activating group) is 1. The average molecular weight is 268 g/mol. The summed E-state index contributed by atoms with van der Waals surface area (Å²) in [6.45, 7) is 6.32. The summed E-state index contributed by atoms with van der Waals surface area (Å²) in [7, 11) is 1.66. The molecular weight excluding hydrogens is 244 g/mol. The van der Waals surface area contributed by atoms with Gasteiger partial charge in [-0.25, -0.2) is 0 Å². The first-order chi connectivity index (χ1) is 9.19. The molecule has 2 aliphatic rings. The molecule has 6 heteroatoms. The number of likely N-dealkylation sites (tertiary alicyclic amines) is 1. The number of carbonyl (C=O) groups is 2. The van der Waals surface area contributed by atoms with Crippen LogP contribution in [-0.4, -0.2) is 85.9 Å². The standard InChI is InChI=1S/C13H24N4O2/c1-14-12(18)10-15-6-8-16(9-7-15)11-13(19)17-4-2-3-5-17/h2-11H2,1H3,(H,14,18). The summed E-state index contributed by atoms with van der Waals surface area (Å²) in [4.78, 5) is 29.6. The molecule has 6 nitrogen and oxygen atoms in total. The second-order valence-corrected chi connectivity index (χ2v) is 5.31. The summed E-state index contributed by atoms with van der Waals surface area (Å²) in [6, 6.07) is 0. The van der Waals surface area contributed by atoms with Crippen LogP contribution in [0.15, 0.2) is 0 Å². The van der Waals surface area contributed by atoms with Crippen molar-refractivity contribution in [2.75, 3.05) is 59.4 Å². The Bertz CT molecular complexity index is 321. The SMILES string of the molecule is CNC(=O)CN1CCN(CC(=O)N2CCCC2)CC1. The summed E-state index contributed by atoms with van der Waals surface area (Å²) >= 11 is 0. The largest absolute Gasteiger partial charge is 0.358 e. The molecule has 1 N–H and O–H groups in total. The van der Waals surface area contributed by atoms with Crippen LogP contribution in [0.3, 0.4) is 0 Å². The quantitative estimate of drug-likeness (QED) is 0.708. The van der Waals surface area contributed by atoms with Gasteiger partial charge in [-0.3, -0.25) is 19.4 Å². The molecule has 19 heavy (non-hydrogen) atoms. The zero-order valence-electron chi connectivity index (χ0n) is 11.7. The number of piperazine rings is 1. The Morgan fingerprint density at radius 2 is 1.42 bits per heavy atom. The minimum absolute atomic E-state index is 0.0570. The van der Waals surface area contributed by atoms with E-state index in [2.05, 4.69) is 15.1 Å². The maximum absolute atomic E-state index is 12.0. The van der Waals surface area contributed by atoms with Gasteiger partial charge in [-0.2, -0.15) is 0 Å². The number of nitrogens with zero attached hydrogens (tertiary/aromatic N) is 3. The summed E-state index contributed by atoms with van der Waals surface area (Å²) < 4.78 is 0. The Morgan fingerprint density at radius 1 is 0.895 bits per heavy atom. The van der Waals surface area contributed by atoms with Crippen LogP contribution in [0.2, 0.25) is 0 Å². The number of rotatable bonds is 4. The highest BCUT2D eigenvalue weighted by molar-refractivity contribution is 5.78. The van der Waals surface area contributed by atoms with Crippen molar-refractivity contribution in [2.45, 2.75) is 12.8 Å². The van der Waals surface area contributed by atoms with Crippen LogP contribution >= 0.6 is 0 Å². The van der Waals surface area contributed by atoms with Gasteiger partial charge in [0.05, 0.1) is 13.1 Å². The highest BCUT2D eigenvalue weighted by Crippen LogP contribution is 2.09. The normalized spacial score (nSPS) is 21.6. The van der Waals surface area contributed by atoms with E-state index in [-0.39, 0.29) is 11.8 Å². The van der Waals surface area contributed by atoms with Gasteiger partial charge in [0.15, 0.2) is 0 Å². The third-order valence-corrected chi connectivity index (χ3v) is 3.93. The van der Waals surface area contributed by atoms with Gasteiger partial charge in [0.25, 0.3) is 0 Å². The van der Waals surface area contributed by atoms with Crippen LogP contribution in [0.5, 0.6) is 0 Å². The summed E-state index contributed by atoms with van der Waals surface area (Å²) in [5.41, 5.74) is 0. The fraction of sp³-hybridized carbons (Fsp3) is 0.846. The molecular formula is C13H24N4O2. The topological polar surface area (TPSA) is 55.9 Å². The number of amides is 2. The molecule has 2 aliphatic heterocycles. The molecule has 0 unspecified atom stereocenters. The van der Waals surface area contributed by atoms with Crippen molar-refractivity contribution in [1.82, 2.24) is 20.0 Å². The first kappa shape index (κ1) is 14.3. The lowest BCUT2D eigenvalue weighted by molar-refractivity contribution is -0.132. The van der Waals surface area contributed by atoms with Crippen molar-refractivity contribution in [2.24, 2.45) is 0 Å². The summed E-state index contributed by atoms with van der Waals surface area (Å²) in [6.07, 6.45) is 2.29. The number of nitrogens with one attached hydrogen (secondary N) is 1. The third kappa shape index (κ3) is 4.18. The van der Waals surface area contributed by atoms with Crippen molar-refractivity contribution >= 4 is 11.8 Å². The fourth-order valence-electron chi connectivity index (χ4n) is 2.65. The highest BCUT2D eigenvalue weighted by Gasteiger charge is 2.23. The average Bonchev–Trinajstić information content (AvgIpc) is 2.95. The molecule has 108 valence electrons. The smallest absolute Gasteiger partial charge is 0.236 e. The van der Waals surface area contributed by atoms with Crippen molar-refractivity contribution in [3.63, 3.8) is 0 Å². The minimum Gasteiger partial charge on any atom is -0.358 e. The van der Waals surface area contributed by atoms with Crippen LogP contribution in [0.25, 0.3) is 0 Å². The molecule has 0 aromatic carbocycles. The fourth-order valence-corrected chi connectivity index (χ4v) is 2.65. The first-order valence-corrected chi connectivity index (χ1v) is 7.12. The molecule has 2 amide bonds. The van der Waals surface area contributed by atoms with Gasteiger partial charge in [-0.05, 0) is 12.8 Å². The lowest BCUT2D eigenvalue weighted by atomic mass is 10.3. The van der Waals surface area contributed by atoms with E-state index in [0.717, 1.165) is 52.1 Å². The predicted octanol–water partition coefficient (Wildman–Crippen LogP) is -1.03. The van der Waals surface area contributed by atoms with E-state index in [1.165, 1.54) is 0 Å². The van der Waals surface area contributed by atoms with E-state index in [0.29, 0.717) is 13.1 Å². The lowest BCUT2D eigenvalue weighted by Crippen LogP contribution is -2.51. The van der Waals surface area contributed by atoms with E-state index < -0.39 is 0 Å². The van der Waals surface area contributed by atoms with E-state index in [1.807, 2.05) is 4.90 Å². The van der Waals surface area contributed by atoms with E-state index in [1.54, 1.807) is 7.05 Å². The van der Waals surface area contributed by atoms with Crippen LogP contribution in [-0.2, 0) is 9.59 Å². The monoisotopic (exact) mass is 268 g/mol. The molecule has 2 heterocycles. The molecule has 0 bridgehead atoms. The van der Waals surface area contributed by atoms with Gasteiger partial charge < -0.3 is 10.2 Å². The van der Waals surface area contributed by atoms with Gasteiger partial charge in [-0.1, -0.05) is 0 Å². The molecule has 0 aliphatic carbocycles. The Kier molecular flexibility index (Phi) is 5.15. The molecule has 0 radical (unpaired) electrons. The van der Waals surface area contributed by atoms with E-state index in [9.17, 15) is 9.59 Å². The second-order valence-electron chi connectivity index (χ2n) is 5.31. The highest BCUT2D eigenvalue weighted by atomic mass is 16.2. The van der Waals surface area contributed by atoms with Crippen molar-refractivity contribution < 1.29 is 9.59 Å². The zero-order valence-corrected chi connectivity index (χ0v) is 11.7. The summed E-state index contributed by atoms with van der Waals surface area (Å²) in [5, 5.41) is 2.64. The Hall–Kier alpha value is -1.14.